The van der Waals surface area contributed by atoms with Crippen LogP contribution in [-0.4, -0.2) is 46.9 Å². The minimum absolute atomic E-state index is 0. The molecule has 31 heavy (non-hydrogen) atoms. The number of aryl methyl sites for hydroxylation is 2. The Hall–Kier alpha value is -3.14. The fourth-order valence-electron chi connectivity index (χ4n) is 3.69. The number of aromatic nitrogens is 1. The Bertz CT molecular complexity index is 1090. The Labute approximate surface area is 188 Å². The van der Waals surface area contributed by atoms with E-state index in [-0.39, 0.29) is 18.3 Å². The Morgan fingerprint density at radius 3 is 2.39 bits per heavy atom. The highest BCUT2D eigenvalue weighted by molar-refractivity contribution is 5.94. The number of carbonyl (C=O) groups excluding carboxylic acids is 1. The van der Waals surface area contributed by atoms with Gasteiger partial charge in [-0.2, -0.15) is 5.26 Å². The zero-order valence-corrected chi connectivity index (χ0v) is 18.5. The third-order valence-electron chi connectivity index (χ3n) is 5.56. The van der Waals surface area contributed by atoms with Crippen molar-refractivity contribution in [1.82, 2.24) is 14.8 Å². The lowest BCUT2D eigenvalue weighted by atomic mass is 10.1. The number of halogens is 1. The maximum absolute atomic E-state index is 12.7. The summed E-state index contributed by atoms with van der Waals surface area (Å²) in [6.07, 6.45) is 0. The molecule has 2 aromatic carbocycles. The summed E-state index contributed by atoms with van der Waals surface area (Å²) in [7, 11) is 0. The SMILES string of the molecule is Cc1ccccc1-c1nc(CN2CCN(C(=O)c3ccc(C#N)cc3)CC2)c(C)o1.Cl. The van der Waals surface area contributed by atoms with Crippen molar-refractivity contribution in [1.29, 1.82) is 5.26 Å². The van der Waals surface area contributed by atoms with Gasteiger partial charge in [0.25, 0.3) is 5.91 Å². The van der Waals surface area contributed by atoms with Gasteiger partial charge in [-0.25, -0.2) is 4.98 Å². The van der Waals surface area contributed by atoms with Crippen molar-refractivity contribution < 1.29 is 9.21 Å². The van der Waals surface area contributed by atoms with Gasteiger partial charge in [0, 0.05) is 43.9 Å². The van der Waals surface area contributed by atoms with Crippen molar-refractivity contribution in [3.05, 3.63) is 76.7 Å². The number of nitriles is 1. The van der Waals surface area contributed by atoms with Crippen LogP contribution in [0.3, 0.4) is 0 Å². The number of oxazole rings is 1. The summed E-state index contributed by atoms with van der Waals surface area (Å²) in [5.41, 5.74) is 4.28. The molecule has 1 aliphatic heterocycles. The van der Waals surface area contributed by atoms with Gasteiger partial charge in [-0.3, -0.25) is 9.69 Å². The quantitative estimate of drug-likeness (QED) is 0.612. The van der Waals surface area contributed by atoms with Crippen LogP contribution in [-0.2, 0) is 6.54 Å². The van der Waals surface area contributed by atoms with Gasteiger partial charge in [-0.05, 0) is 49.7 Å². The average molecular weight is 437 g/mol. The molecule has 1 aromatic heterocycles. The Morgan fingerprint density at radius 1 is 1.06 bits per heavy atom. The molecule has 0 spiro atoms. The highest BCUT2D eigenvalue weighted by Crippen LogP contribution is 2.25. The second-order valence-corrected chi connectivity index (χ2v) is 7.59. The number of hydrogen-bond donors (Lipinski definition) is 0. The van der Waals surface area contributed by atoms with Gasteiger partial charge in [-0.15, -0.1) is 12.4 Å². The number of rotatable bonds is 4. The van der Waals surface area contributed by atoms with E-state index in [4.69, 9.17) is 14.7 Å². The van der Waals surface area contributed by atoms with E-state index >= 15 is 0 Å². The van der Waals surface area contributed by atoms with Crippen molar-refractivity contribution in [2.75, 3.05) is 26.2 Å². The monoisotopic (exact) mass is 436 g/mol. The van der Waals surface area contributed by atoms with Crippen LogP contribution in [0.5, 0.6) is 0 Å². The van der Waals surface area contributed by atoms with E-state index in [0.29, 0.717) is 36.7 Å². The molecule has 7 heteroatoms. The first-order valence-corrected chi connectivity index (χ1v) is 10.1. The summed E-state index contributed by atoms with van der Waals surface area (Å²) in [5.74, 6) is 1.51. The molecule has 0 radical (unpaired) electrons. The van der Waals surface area contributed by atoms with Crippen LogP contribution in [0.15, 0.2) is 52.9 Å². The first kappa shape index (κ1) is 22.5. The number of piperazine rings is 1. The largest absolute Gasteiger partial charge is 0.441 e. The van der Waals surface area contributed by atoms with Gasteiger partial charge in [0.15, 0.2) is 0 Å². The molecule has 1 amide bonds. The van der Waals surface area contributed by atoms with E-state index in [1.165, 1.54) is 0 Å². The summed E-state index contributed by atoms with van der Waals surface area (Å²) < 4.78 is 5.93. The summed E-state index contributed by atoms with van der Waals surface area (Å²) in [6.45, 7) is 7.62. The van der Waals surface area contributed by atoms with Gasteiger partial charge in [-0.1, -0.05) is 18.2 Å². The Balaban J connectivity index is 0.00000272. The van der Waals surface area contributed by atoms with E-state index < -0.39 is 0 Å². The van der Waals surface area contributed by atoms with E-state index in [1.807, 2.05) is 30.0 Å². The first-order valence-electron chi connectivity index (χ1n) is 10.1. The van der Waals surface area contributed by atoms with E-state index in [9.17, 15) is 4.79 Å². The molecule has 6 nitrogen and oxygen atoms in total. The fourth-order valence-corrected chi connectivity index (χ4v) is 3.69. The van der Waals surface area contributed by atoms with E-state index in [1.54, 1.807) is 24.3 Å². The number of hydrogen-bond acceptors (Lipinski definition) is 5. The van der Waals surface area contributed by atoms with Crippen LogP contribution in [0, 0.1) is 25.2 Å². The summed E-state index contributed by atoms with van der Waals surface area (Å²) >= 11 is 0. The van der Waals surface area contributed by atoms with Crippen LogP contribution in [0.25, 0.3) is 11.5 Å². The molecule has 160 valence electrons. The summed E-state index contributed by atoms with van der Waals surface area (Å²) in [6, 6.07) is 17.0. The molecule has 2 heterocycles. The highest BCUT2D eigenvalue weighted by Gasteiger charge is 2.24. The van der Waals surface area contributed by atoms with Crippen molar-refractivity contribution in [3.63, 3.8) is 0 Å². The van der Waals surface area contributed by atoms with Crippen molar-refractivity contribution in [2.24, 2.45) is 0 Å². The normalized spacial score (nSPS) is 14.0. The maximum atomic E-state index is 12.7. The molecule has 3 aromatic rings. The molecule has 0 unspecified atom stereocenters. The van der Waals surface area contributed by atoms with Crippen LogP contribution >= 0.6 is 12.4 Å². The molecule has 0 saturated carbocycles. The predicted octanol–water partition coefficient (Wildman–Crippen LogP) is 4.21. The number of amides is 1. The molecular formula is C24H25ClN4O2. The second kappa shape index (κ2) is 9.78. The van der Waals surface area contributed by atoms with Gasteiger partial charge >= 0.3 is 0 Å². The lowest BCUT2D eigenvalue weighted by Crippen LogP contribution is -2.48. The zero-order valence-electron chi connectivity index (χ0n) is 17.7. The predicted molar refractivity (Wildman–Crippen MR) is 121 cm³/mol. The zero-order chi connectivity index (χ0) is 21.1. The van der Waals surface area contributed by atoms with Gasteiger partial charge in [0.05, 0.1) is 17.3 Å². The lowest BCUT2D eigenvalue weighted by molar-refractivity contribution is 0.0626. The van der Waals surface area contributed by atoms with Gasteiger partial charge < -0.3 is 9.32 Å². The molecular weight excluding hydrogens is 412 g/mol. The van der Waals surface area contributed by atoms with Crippen LogP contribution in [0.1, 0.15) is 32.9 Å². The second-order valence-electron chi connectivity index (χ2n) is 7.59. The smallest absolute Gasteiger partial charge is 0.253 e. The first-order chi connectivity index (χ1) is 14.5. The van der Waals surface area contributed by atoms with Crippen LogP contribution < -0.4 is 0 Å². The van der Waals surface area contributed by atoms with Crippen molar-refractivity contribution in [2.45, 2.75) is 20.4 Å². The Morgan fingerprint density at radius 2 is 1.74 bits per heavy atom. The molecule has 1 fully saturated rings. The Kier molecular flexibility index (Phi) is 7.11. The summed E-state index contributed by atoms with van der Waals surface area (Å²) in [5, 5.41) is 8.90. The molecule has 0 atom stereocenters. The topological polar surface area (TPSA) is 73.4 Å². The standard InChI is InChI=1S/C24H24N4O2.ClH/c1-17-5-3-4-6-21(17)23-26-22(18(2)30-23)16-27-11-13-28(14-12-27)24(29)20-9-7-19(15-25)8-10-20;/h3-10H,11-14,16H2,1-2H3;1H. The average Bonchev–Trinajstić information content (AvgIpc) is 3.14. The highest BCUT2D eigenvalue weighted by atomic mass is 35.5. The van der Waals surface area contributed by atoms with Crippen LogP contribution in [0.4, 0.5) is 0 Å². The lowest BCUT2D eigenvalue weighted by Gasteiger charge is -2.34. The third-order valence-corrected chi connectivity index (χ3v) is 5.56. The number of benzene rings is 2. The van der Waals surface area contributed by atoms with Gasteiger partial charge in [0.2, 0.25) is 5.89 Å². The summed E-state index contributed by atoms with van der Waals surface area (Å²) in [4.78, 5) is 21.6. The van der Waals surface area contributed by atoms with Crippen molar-refractivity contribution in [3.8, 4) is 17.5 Å². The van der Waals surface area contributed by atoms with E-state index in [2.05, 4.69) is 24.0 Å². The number of carbonyl (C=O) groups is 1. The molecule has 4 rings (SSSR count). The molecule has 0 bridgehead atoms. The van der Waals surface area contributed by atoms with Crippen molar-refractivity contribution >= 4 is 18.3 Å². The molecule has 1 saturated heterocycles. The van der Waals surface area contributed by atoms with E-state index in [0.717, 1.165) is 35.7 Å². The minimum atomic E-state index is 0. The molecule has 0 N–H and O–H groups in total. The molecule has 1 aliphatic rings. The third kappa shape index (κ3) is 4.96. The maximum Gasteiger partial charge on any atom is 0.253 e. The van der Waals surface area contributed by atoms with Crippen LogP contribution in [0.2, 0.25) is 0 Å². The minimum Gasteiger partial charge on any atom is -0.441 e. The molecule has 0 aliphatic carbocycles. The number of nitrogens with zero attached hydrogens (tertiary/aromatic N) is 4. The van der Waals surface area contributed by atoms with Gasteiger partial charge in [0.1, 0.15) is 5.76 Å². The fraction of sp³-hybridized carbons (Fsp3) is 0.292.